The van der Waals surface area contributed by atoms with E-state index < -0.39 is 21.5 Å². The fourth-order valence-corrected chi connectivity index (χ4v) is 6.34. The third-order valence-corrected chi connectivity index (χ3v) is 8.92. The number of halogens is 4. The van der Waals surface area contributed by atoms with Gasteiger partial charge in [0.2, 0.25) is 5.92 Å². The molecule has 2 aliphatic rings. The molecule has 2 heterocycles. The van der Waals surface area contributed by atoms with Gasteiger partial charge in [0.15, 0.2) is 5.03 Å². The summed E-state index contributed by atoms with van der Waals surface area (Å²) < 4.78 is 56.8. The van der Waals surface area contributed by atoms with Crippen LogP contribution in [-0.4, -0.2) is 77.3 Å². The van der Waals surface area contributed by atoms with Crippen LogP contribution in [0.5, 0.6) is 0 Å². The Balaban J connectivity index is 0.00000342. The summed E-state index contributed by atoms with van der Waals surface area (Å²) in [6.45, 7) is 1.37. The van der Waals surface area contributed by atoms with Crippen molar-refractivity contribution in [2.24, 2.45) is 7.05 Å². The maximum atomic E-state index is 14.0. The van der Waals surface area contributed by atoms with Crippen molar-refractivity contribution in [3.63, 3.8) is 0 Å². The lowest BCUT2D eigenvalue weighted by Crippen LogP contribution is -2.63. The molecule has 13 heteroatoms. The zero-order chi connectivity index (χ0) is 24.6. The molecule has 1 N–H and O–H groups in total. The highest BCUT2D eigenvalue weighted by molar-refractivity contribution is 7.89. The van der Waals surface area contributed by atoms with Gasteiger partial charge in [0.1, 0.15) is 0 Å². The first-order valence-electron chi connectivity index (χ1n) is 11.2. The number of rotatable bonds is 6. The Labute approximate surface area is 215 Å². The van der Waals surface area contributed by atoms with Gasteiger partial charge in [-0.3, -0.25) is 9.69 Å². The number of carbonyl (C=O) groups is 1. The highest BCUT2D eigenvalue weighted by Crippen LogP contribution is 2.42. The van der Waals surface area contributed by atoms with Gasteiger partial charge >= 0.3 is 0 Å². The average molecular weight is 552 g/mol. The Hall–Kier alpha value is -1.79. The quantitative estimate of drug-likeness (QED) is 0.595. The molecule has 1 amide bonds. The van der Waals surface area contributed by atoms with E-state index in [1.807, 2.05) is 0 Å². The van der Waals surface area contributed by atoms with Gasteiger partial charge in [0.25, 0.3) is 15.9 Å². The summed E-state index contributed by atoms with van der Waals surface area (Å²) in [5.41, 5.74) is -0.355. The monoisotopic (exact) mass is 551 g/mol. The van der Waals surface area contributed by atoms with Crippen LogP contribution in [0.4, 0.5) is 8.78 Å². The lowest BCUT2D eigenvalue weighted by atomic mass is 9.78. The third-order valence-electron chi connectivity index (χ3n) is 6.80. The zero-order valence-electron chi connectivity index (χ0n) is 19.3. The average Bonchev–Trinajstić information content (AvgIpc) is 3.26. The summed E-state index contributed by atoms with van der Waals surface area (Å²) in [5.74, 6) is -3.10. The van der Waals surface area contributed by atoms with Crippen molar-refractivity contribution in [3.05, 3.63) is 47.4 Å². The number of hydrogen-bond donors (Lipinski definition) is 1. The fourth-order valence-electron chi connectivity index (χ4n) is 4.73. The summed E-state index contributed by atoms with van der Waals surface area (Å²) in [7, 11) is -2.03. The number of imidazole rings is 1. The SMILES string of the molecule is Cl.Cn1cnc(S(=O)(=O)N2CCN(C3(CNC(=O)c4ccccc4Cl)CCC(F)(F)CC3)CC2)c1. The molecule has 4 rings (SSSR count). The number of alkyl halides is 2. The number of sulfonamides is 1. The Morgan fingerprint density at radius 1 is 1.11 bits per heavy atom. The van der Waals surface area contributed by atoms with Crippen molar-refractivity contribution in [1.82, 2.24) is 24.1 Å². The molecule has 1 aliphatic heterocycles. The van der Waals surface area contributed by atoms with Crippen LogP contribution in [0.2, 0.25) is 5.02 Å². The Bertz CT molecular complexity index is 1140. The lowest BCUT2D eigenvalue weighted by Gasteiger charge is -2.50. The maximum absolute atomic E-state index is 14.0. The first kappa shape index (κ1) is 27.8. The molecule has 2 fully saturated rings. The number of nitrogens with one attached hydrogen (secondary N) is 1. The first-order chi connectivity index (χ1) is 16.0. The van der Waals surface area contributed by atoms with E-state index in [4.69, 9.17) is 11.6 Å². The number of aryl methyl sites for hydroxylation is 1. The number of piperazine rings is 1. The molecule has 1 aliphatic carbocycles. The molecule has 1 aromatic carbocycles. The van der Waals surface area contributed by atoms with Gasteiger partial charge in [-0.25, -0.2) is 22.2 Å². The molecule has 1 aromatic heterocycles. The van der Waals surface area contributed by atoms with Crippen LogP contribution in [0.3, 0.4) is 0 Å². The minimum absolute atomic E-state index is 0. The molecule has 1 saturated heterocycles. The van der Waals surface area contributed by atoms with Crippen molar-refractivity contribution >= 4 is 39.9 Å². The Morgan fingerprint density at radius 2 is 1.74 bits per heavy atom. The van der Waals surface area contributed by atoms with E-state index in [1.165, 1.54) is 16.8 Å². The molecule has 35 heavy (non-hydrogen) atoms. The van der Waals surface area contributed by atoms with Crippen molar-refractivity contribution < 1.29 is 22.0 Å². The van der Waals surface area contributed by atoms with E-state index >= 15 is 0 Å². The van der Waals surface area contributed by atoms with Crippen molar-refractivity contribution in [3.8, 4) is 0 Å². The van der Waals surface area contributed by atoms with Gasteiger partial charge in [-0.1, -0.05) is 23.7 Å². The molecule has 0 atom stereocenters. The summed E-state index contributed by atoms with van der Waals surface area (Å²) in [6, 6.07) is 6.66. The summed E-state index contributed by atoms with van der Waals surface area (Å²) in [6.07, 6.45) is 2.74. The van der Waals surface area contributed by atoms with Crippen LogP contribution < -0.4 is 5.32 Å². The molecular weight excluding hydrogens is 523 g/mol. The highest BCUT2D eigenvalue weighted by atomic mass is 35.5. The van der Waals surface area contributed by atoms with Gasteiger partial charge in [-0.15, -0.1) is 12.4 Å². The number of benzene rings is 1. The largest absolute Gasteiger partial charge is 0.350 e. The van der Waals surface area contributed by atoms with Crippen LogP contribution >= 0.6 is 24.0 Å². The standard InChI is InChI=1S/C22H28ClF2N5O3S.ClH/c1-28-14-19(27-16-28)34(32,33)30-12-10-29(11-13-30)21(6-8-22(24,25)9-7-21)15-26-20(31)17-4-2-3-5-18(17)23;/h2-5,14,16H,6-13,15H2,1H3,(H,26,31);1H. The lowest BCUT2D eigenvalue weighted by molar-refractivity contribution is -0.0856. The molecular formula is C22H29Cl2F2N5O3S. The summed E-state index contributed by atoms with van der Waals surface area (Å²) in [4.78, 5) is 18.8. The zero-order valence-corrected chi connectivity index (χ0v) is 21.7. The number of amides is 1. The molecule has 8 nitrogen and oxygen atoms in total. The first-order valence-corrected chi connectivity index (χ1v) is 13.0. The Kier molecular flexibility index (Phi) is 8.48. The van der Waals surface area contributed by atoms with Gasteiger partial charge in [0, 0.05) is 64.3 Å². The van der Waals surface area contributed by atoms with Crippen molar-refractivity contribution in [1.29, 1.82) is 0 Å². The van der Waals surface area contributed by atoms with Crippen molar-refractivity contribution in [2.75, 3.05) is 32.7 Å². The molecule has 0 unspecified atom stereocenters. The summed E-state index contributed by atoms with van der Waals surface area (Å²) >= 11 is 6.13. The van der Waals surface area contributed by atoms with Gasteiger partial charge < -0.3 is 9.88 Å². The van der Waals surface area contributed by atoms with Crippen LogP contribution in [0, 0.1) is 0 Å². The highest BCUT2D eigenvalue weighted by Gasteiger charge is 2.48. The van der Waals surface area contributed by atoms with E-state index in [0.29, 0.717) is 23.7 Å². The predicted molar refractivity (Wildman–Crippen MR) is 131 cm³/mol. The van der Waals surface area contributed by atoms with Gasteiger partial charge in [0.05, 0.1) is 16.9 Å². The molecule has 0 bridgehead atoms. The normalized spacial score (nSPS) is 20.7. The van der Waals surface area contributed by atoms with E-state index in [-0.39, 0.29) is 68.7 Å². The minimum Gasteiger partial charge on any atom is -0.350 e. The van der Waals surface area contributed by atoms with Crippen LogP contribution in [0.1, 0.15) is 36.0 Å². The van der Waals surface area contributed by atoms with E-state index in [0.717, 1.165) is 0 Å². The second kappa shape index (κ2) is 10.7. The van der Waals surface area contributed by atoms with Gasteiger partial charge in [-0.05, 0) is 25.0 Å². The maximum Gasteiger partial charge on any atom is 0.262 e. The predicted octanol–water partition coefficient (Wildman–Crippen LogP) is 3.18. The van der Waals surface area contributed by atoms with Crippen molar-refractivity contribution in [2.45, 2.75) is 42.2 Å². The summed E-state index contributed by atoms with van der Waals surface area (Å²) in [5, 5.41) is 3.20. The molecule has 2 aromatic rings. The third kappa shape index (κ3) is 5.96. The minimum atomic E-state index is -3.73. The van der Waals surface area contributed by atoms with Gasteiger partial charge in [-0.2, -0.15) is 4.31 Å². The number of nitrogens with zero attached hydrogens (tertiary/aromatic N) is 4. The number of hydrogen-bond acceptors (Lipinski definition) is 5. The Morgan fingerprint density at radius 3 is 2.31 bits per heavy atom. The topological polar surface area (TPSA) is 87.5 Å². The van der Waals surface area contributed by atoms with E-state index in [2.05, 4.69) is 15.2 Å². The molecule has 0 radical (unpaired) electrons. The molecule has 1 saturated carbocycles. The second-order valence-corrected chi connectivity index (χ2v) is 11.3. The van der Waals surface area contributed by atoms with E-state index in [1.54, 1.807) is 35.9 Å². The van der Waals surface area contributed by atoms with Crippen LogP contribution in [-0.2, 0) is 17.1 Å². The molecule has 0 spiro atoms. The second-order valence-electron chi connectivity index (χ2n) is 9.01. The number of aromatic nitrogens is 2. The number of carbonyl (C=O) groups excluding carboxylic acids is 1. The van der Waals surface area contributed by atoms with Crippen LogP contribution in [0.15, 0.2) is 41.8 Å². The smallest absolute Gasteiger partial charge is 0.262 e. The van der Waals surface area contributed by atoms with Crippen LogP contribution in [0.25, 0.3) is 0 Å². The fraction of sp³-hybridized carbons (Fsp3) is 0.545. The molecule has 194 valence electrons. The van der Waals surface area contributed by atoms with E-state index in [9.17, 15) is 22.0 Å².